The number of allylic oxidation sites excluding steroid dienone is 1. The fourth-order valence-corrected chi connectivity index (χ4v) is 3.42. The molecule has 0 saturated carbocycles. The van der Waals surface area contributed by atoms with Crippen LogP contribution < -0.4 is 9.47 Å². The largest absolute Gasteiger partial charge is 0.452 e. The number of carbonyl (C=O) groups excluding carboxylic acids is 2. The Morgan fingerprint density at radius 2 is 2.03 bits per heavy atom. The highest BCUT2D eigenvalue weighted by atomic mass is 35.5. The number of hydrogen-bond donors (Lipinski definition) is 0. The Bertz CT molecular complexity index is 1180. The molecular weight excluding hydrogens is 406 g/mol. The second-order valence-corrected chi connectivity index (χ2v) is 7.44. The van der Waals surface area contributed by atoms with Gasteiger partial charge in [0, 0.05) is 18.6 Å². The molecule has 0 bridgehead atoms. The molecule has 0 atom stereocenters. The minimum Gasteiger partial charge on any atom is -0.452 e. The van der Waals surface area contributed by atoms with E-state index in [1.807, 2.05) is 31.2 Å². The van der Waals surface area contributed by atoms with Gasteiger partial charge in [0.15, 0.2) is 10.9 Å². The molecule has 1 aliphatic heterocycles. The zero-order chi connectivity index (χ0) is 21.3. The number of rotatable bonds is 5. The molecule has 1 aliphatic rings. The zero-order valence-corrected chi connectivity index (χ0v) is 17.2. The minimum absolute atomic E-state index is 0.0972. The molecule has 0 fully saturated rings. The van der Waals surface area contributed by atoms with Gasteiger partial charge in [-0.1, -0.05) is 46.6 Å². The maximum Gasteiger partial charge on any atom is 0.311 e. The first-order valence-corrected chi connectivity index (χ1v) is 9.74. The summed E-state index contributed by atoms with van der Waals surface area (Å²) in [6.45, 7) is 3.76. The molecule has 7 heteroatoms. The lowest BCUT2D eigenvalue weighted by Crippen LogP contribution is -2.09. The van der Waals surface area contributed by atoms with Crippen molar-refractivity contribution in [3.05, 3.63) is 81.4 Å². The fraction of sp³-hybridized carbons (Fsp3) is 0.174. The van der Waals surface area contributed by atoms with Crippen molar-refractivity contribution in [2.75, 3.05) is 0 Å². The number of Topliss-reactive ketones (excluding diaryl/α,β-unsaturated/α-hetero) is 1. The summed E-state index contributed by atoms with van der Waals surface area (Å²) < 4.78 is 16.2. The Hall–Kier alpha value is -3.38. The summed E-state index contributed by atoms with van der Waals surface area (Å²) in [7, 11) is 0. The third-order valence-electron chi connectivity index (χ3n) is 4.62. The lowest BCUT2D eigenvalue weighted by Gasteiger charge is -2.07. The van der Waals surface area contributed by atoms with Gasteiger partial charge in [-0.2, -0.15) is 0 Å². The molecule has 30 heavy (non-hydrogen) atoms. The van der Waals surface area contributed by atoms with E-state index in [4.69, 9.17) is 25.6 Å². The second-order valence-electron chi connectivity index (χ2n) is 7.06. The standard InChI is InChI=1S/C23H18ClNO5/c1-13-4-3-5-15(8-13)10-19-23(27)22-14(2)9-17(11-18(22)29-19)28-21(26)7-6-16-12-20(24)25-30-16/h3-5,8-12H,6-7H2,1-2H3/b19-10-. The van der Waals surface area contributed by atoms with Crippen LogP contribution in [-0.4, -0.2) is 16.9 Å². The average molecular weight is 424 g/mol. The van der Waals surface area contributed by atoms with Crippen LogP contribution in [0.25, 0.3) is 6.08 Å². The molecule has 3 aromatic rings. The Morgan fingerprint density at radius 3 is 2.77 bits per heavy atom. The van der Waals surface area contributed by atoms with Crippen LogP contribution in [0.3, 0.4) is 0 Å². The number of hydrogen-bond acceptors (Lipinski definition) is 6. The molecule has 0 N–H and O–H groups in total. The van der Waals surface area contributed by atoms with Crippen molar-refractivity contribution in [1.29, 1.82) is 0 Å². The van der Waals surface area contributed by atoms with E-state index >= 15 is 0 Å². The van der Waals surface area contributed by atoms with Gasteiger partial charge in [-0.15, -0.1) is 0 Å². The predicted molar refractivity (Wildman–Crippen MR) is 111 cm³/mol. The number of carbonyl (C=O) groups is 2. The third-order valence-corrected chi connectivity index (χ3v) is 4.80. The van der Waals surface area contributed by atoms with Gasteiger partial charge in [0.25, 0.3) is 0 Å². The van der Waals surface area contributed by atoms with E-state index in [-0.39, 0.29) is 23.1 Å². The van der Waals surface area contributed by atoms with Gasteiger partial charge in [-0.3, -0.25) is 9.59 Å². The summed E-state index contributed by atoms with van der Waals surface area (Å²) in [5.41, 5.74) is 3.12. The van der Waals surface area contributed by atoms with Crippen molar-refractivity contribution in [3.63, 3.8) is 0 Å². The quantitative estimate of drug-likeness (QED) is 0.323. The lowest BCUT2D eigenvalue weighted by atomic mass is 10.0. The van der Waals surface area contributed by atoms with E-state index < -0.39 is 5.97 Å². The van der Waals surface area contributed by atoms with Crippen LogP contribution in [-0.2, 0) is 11.2 Å². The van der Waals surface area contributed by atoms with Crippen molar-refractivity contribution in [3.8, 4) is 11.5 Å². The number of esters is 1. The number of aromatic nitrogens is 1. The molecule has 2 heterocycles. The molecule has 0 amide bonds. The maximum absolute atomic E-state index is 12.8. The number of halogens is 1. The number of ether oxygens (including phenoxy) is 2. The molecule has 0 aliphatic carbocycles. The minimum atomic E-state index is -0.443. The summed E-state index contributed by atoms with van der Waals surface area (Å²) in [6, 6.07) is 12.5. The first-order valence-electron chi connectivity index (χ1n) is 9.36. The van der Waals surface area contributed by atoms with Crippen LogP contribution >= 0.6 is 11.6 Å². The zero-order valence-electron chi connectivity index (χ0n) is 16.4. The Labute approximate surface area is 178 Å². The summed E-state index contributed by atoms with van der Waals surface area (Å²) in [4.78, 5) is 24.9. The van der Waals surface area contributed by atoms with Crippen LogP contribution in [0.4, 0.5) is 0 Å². The number of benzene rings is 2. The van der Waals surface area contributed by atoms with Crippen LogP contribution in [0.5, 0.6) is 11.5 Å². The first-order chi connectivity index (χ1) is 14.4. The van der Waals surface area contributed by atoms with Gasteiger partial charge in [-0.25, -0.2) is 0 Å². The van der Waals surface area contributed by atoms with Gasteiger partial charge in [0.1, 0.15) is 17.3 Å². The Kier molecular flexibility index (Phi) is 5.42. The van der Waals surface area contributed by atoms with Crippen LogP contribution in [0, 0.1) is 13.8 Å². The van der Waals surface area contributed by atoms with E-state index in [1.54, 1.807) is 31.2 Å². The van der Waals surface area contributed by atoms with Crippen LogP contribution in [0.15, 0.2) is 52.7 Å². The number of aryl methyl sites for hydroxylation is 3. The maximum atomic E-state index is 12.8. The van der Waals surface area contributed by atoms with Crippen molar-refractivity contribution < 1.29 is 23.6 Å². The van der Waals surface area contributed by atoms with Crippen molar-refractivity contribution in [2.45, 2.75) is 26.7 Å². The first kappa shape index (κ1) is 19.9. The molecule has 0 saturated heterocycles. The lowest BCUT2D eigenvalue weighted by molar-refractivity contribution is -0.134. The normalized spacial score (nSPS) is 14.0. The molecule has 4 rings (SSSR count). The highest BCUT2D eigenvalue weighted by Gasteiger charge is 2.30. The smallest absolute Gasteiger partial charge is 0.311 e. The summed E-state index contributed by atoms with van der Waals surface area (Å²) in [6.07, 6.45) is 2.13. The van der Waals surface area contributed by atoms with E-state index in [9.17, 15) is 9.59 Å². The topological polar surface area (TPSA) is 78.6 Å². The molecule has 0 radical (unpaired) electrons. The highest BCUT2D eigenvalue weighted by molar-refractivity contribution is 6.29. The van der Waals surface area contributed by atoms with Gasteiger partial charge < -0.3 is 14.0 Å². The average Bonchev–Trinajstić information content (AvgIpc) is 3.23. The predicted octanol–water partition coefficient (Wildman–Crippen LogP) is 5.10. The van der Waals surface area contributed by atoms with E-state index in [0.29, 0.717) is 34.8 Å². The number of nitrogens with zero attached hydrogens (tertiary/aromatic N) is 1. The van der Waals surface area contributed by atoms with E-state index in [0.717, 1.165) is 11.1 Å². The van der Waals surface area contributed by atoms with Gasteiger partial charge in [0.2, 0.25) is 5.78 Å². The van der Waals surface area contributed by atoms with E-state index in [2.05, 4.69) is 5.16 Å². The number of fused-ring (bicyclic) bond motifs is 1. The van der Waals surface area contributed by atoms with Gasteiger partial charge >= 0.3 is 5.97 Å². The SMILES string of the molecule is Cc1cccc(/C=C2\Oc3cc(OC(=O)CCc4cc(Cl)no4)cc(C)c3C2=O)c1. The molecular formula is C23H18ClNO5. The van der Waals surface area contributed by atoms with Crippen molar-refractivity contribution in [1.82, 2.24) is 5.16 Å². The van der Waals surface area contributed by atoms with E-state index in [1.165, 1.54) is 0 Å². The Balaban J connectivity index is 1.49. The van der Waals surface area contributed by atoms with Crippen molar-refractivity contribution in [2.24, 2.45) is 0 Å². The fourth-order valence-electron chi connectivity index (χ4n) is 3.26. The van der Waals surface area contributed by atoms with Crippen molar-refractivity contribution >= 4 is 29.4 Å². The molecule has 0 spiro atoms. The summed E-state index contributed by atoms with van der Waals surface area (Å²) >= 11 is 5.69. The molecule has 1 aromatic heterocycles. The molecule has 152 valence electrons. The molecule has 6 nitrogen and oxygen atoms in total. The van der Waals surface area contributed by atoms with Gasteiger partial charge in [0.05, 0.1) is 12.0 Å². The third kappa shape index (κ3) is 4.28. The Morgan fingerprint density at radius 1 is 1.20 bits per heavy atom. The summed E-state index contributed by atoms with van der Waals surface area (Å²) in [5, 5.41) is 3.80. The van der Waals surface area contributed by atoms with Crippen LogP contribution in [0.2, 0.25) is 5.15 Å². The second kappa shape index (κ2) is 8.16. The molecule has 2 aromatic carbocycles. The number of ketones is 1. The molecule has 0 unspecified atom stereocenters. The summed E-state index contributed by atoms with van der Waals surface area (Å²) in [5.74, 6) is 0.803. The monoisotopic (exact) mass is 423 g/mol. The van der Waals surface area contributed by atoms with Crippen LogP contribution in [0.1, 0.15) is 39.2 Å². The highest BCUT2D eigenvalue weighted by Crippen LogP contribution is 2.37. The van der Waals surface area contributed by atoms with Gasteiger partial charge in [-0.05, 0) is 37.1 Å².